The molecule has 0 aliphatic carbocycles. The van der Waals surface area contributed by atoms with Crippen LogP contribution in [0, 0.1) is 0 Å². The van der Waals surface area contributed by atoms with Crippen LogP contribution in [0.2, 0.25) is 0 Å². The van der Waals surface area contributed by atoms with E-state index in [-0.39, 0.29) is 5.91 Å². The highest BCUT2D eigenvalue weighted by Gasteiger charge is 2.39. The lowest BCUT2D eigenvalue weighted by molar-refractivity contribution is 0.0562. The molecule has 1 aliphatic rings. The van der Waals surface area contributed by atoms with E-state index < -0.39 is 5.66 Å². The number of amides is 1. The van der Waals surface area contributed by atoms with Gasteiger partial charge in [0.2, 0.25) is 0 Å². The number of carbonyl (C=O) groups excluding carboxylic acids is 1. The van der Waals surface area contributed by atoms with Crippen molar-refractivity contribution in [2.75, 3.05) is 11.9 Å². The number of hydrogen-bond acceptors (Lipinski definition) is 2. The molecular formula is C20H22N2O. The average Bonchev–Trinajstić information content (AvgIpc) is 2.58. The highest BCUT2D eigenvalue weighted by molar-refractivity contribution is 6.02. The number of anilines is 1. The molecule has 1 aliphatic heterocycles. The van der Waals surface area contributed by atoms with Crippen LogP contribution in [-0.4, -0.2) is 23.0 Å². The van der Waals surface area contributed by atoms with Crippen molar-refractivity contribution < 1.29 is 4.79 Å². The molecule has 0 saturated heterocycles. The molecule has 0 bridgehead atoms. The summed E-state index contributed by atoms with van der Waals surface area (Å²) in [5.41, 5.74) is 2.50. The summed E-state index contributed by atoms with van der Waals surface area (Å²) in [6.07, 6.45) is 3.53. The Labute approximate surface area is 137 Å². The summed E-state index contributed by atoms with van der Waals surface area (Å²) in [6.45, 7) is 6.43. The first kappa shape index (κ1) is 15.3. The average molecular weight is 306 g/mol. The second kappa shape index (κ2) is 6.29. The number of aryl methyl sites for hydroxylation is 1. The maximum atomic E-state index is 12.9. The quantitative estimate of drug-likeness (QED) is 0.844. The second-order valence-electron chi connectivity index (χ2n) is 6.13. The molecule has 0 fully saturated rings. The van der Waals surface area contributed by atoms with E-state index in [0.717, 1.165) is 24.1 Å². The number of hydrogen-bond donors (Lipinski definition) is 1. The van der Waals surface area contributed by atoms with Gasteiger partial charge in [-0.3, -0.25) is 4.79 Å². The molecule has 0 radical (unpaired) electrons. The van der Waals surface area contributed by atoms with Crippen molar-refractivity contribution >= 4 is 11.6 Å². The lowest BCUT2D eigenvalue weighted by Gasteiger charge is -2.46. The molecule has 1 N–H and O–H groups in total. The molecule has 0 aromatic heterocycles. The van der Waals surface area contributed by atoms with E-state index in [9.17, 15) is 4.79 Å². The molecule has 0 spiro atoms. The molecule has 1 unspecified atom stereocenters. The maximum Gasteiger partial charge on any atom is 0.258 e. The van der Waals surface area contributed by atoms with Crippen LogP contribution in [0.1, 0.15) is 29.3 Å². The molecule has 2 aromatic carbocycles. The minimum absolute atomic E-state index is 0.0646. The van der Waals surface area contributed by atoms with Gasteiger partial charge in [-0.15, -0.1) is 6.58 Å². The molecule has 2 aromatic rings. The summed E-state index contributed by atoms with van der Waals surface area (Å²) in [4.78, 5) is 14.8. The van der Waals surface area contributed by atoms with E-state index in [2.05, 4.69) is 31.0 Å². The fourth-order valence-electron chi connectivity index (χ4n) is 3.15. The van der Waals surface area contributed by atoms with Gasteiger partial charge >= 0.3 is 0 Å². The van der Waals surface area contributed by atoms with Crippen LogP contribution in [-0.2, 0) is 6.42 Å². The topological polar surface area (TPSA) is 32.3 Å². The molecule has 1 heterocycles. The number of para-hydroxylation sites is 1. The van der Waals surface area contributed by atoms with E-state index >= 15 is 0 Å². The number of nitrogens with zero attached hydrogens (tertiary/aromatic N) is 1. The zero-order valence-electron chi connectivity index (χ0n) is 13.5. The zero-order chi connectivity index (χ0) is 16.3. The number of benzene rings is 2. The minimum Gasteiger partial charge on any atom is -0.362 e. The van der Waals surface area contributed by atoms with Crippen LogP contribution in [0.5, 0.6) is 0 Å². The van der Waals surface area contributed by atoms with Gasteiger partial charge in [-0.1, -0.05) is 48.5 Å². The van der Waals surface area contributed by atoms with Gasteiger partial charge in [0.1, 0.15) is 5.66 Å². The summed E-state index contributed by atoms with van der Waals surface area (Å²) < 4.78 is 0. The molecule has 3 heteroatoms. The number of fused-ring (bicyclic) bond motifs is 1. The third kappa shape index (κ3) is 3.00. The predicted molar refractivity (Wildman–Crippen MR) is 94.5 cm³/mol. The Balaban J connectivity index is 1.88. The fraction of sp³-hybridized carbons (Fsp3) is 0.250. The van der Waals surface area contributed by atoms with Gasteiger partial charge in [-0.05, 0) is 37.5 Å². The first-order chi connectivity index (χ1) is 11.1. The summed E-state index contributed by atoms with van der Waals surface area (Å²) >= 11 is 0. The summed E-state index contributed by atoms with van der Waals surface area (Å²) in [7, 11) is 0. The molecule has 23 heavy (non-hydrogen) atoms. The Morgan fingerprint density at radius 3 is 2.57 bits per heavy atom. The summed E-state index contributed by atoms with van der Waals surface area (Å²) in [5.74, 6) is 0.0646. The number of nitrogens with one attached hydrogen (secondary N) is 1. The van der Waals surface area contributed by atoms with Crippen molar-refractivity contribution in [3.63, 3.8) is 0 Å². The number of rotatable bonds is 5. The van der Waals surface area contributed by atoms with E-state index in [1.807, 2.05) is 47.4 Å². The van der Waals surface area contributed by atoms with Crippen molar-refractivity contribution in [1.82, 2.24) is 4.90 Å². The SMILES string of the molecule is C=CCN1C(=O)c2ccccc2NC1(C)CCc1ccccc1. The Hall–Kier alpha value is -2.55. The monoisotopic (exact) mass is 306 g/mol. The first-order valence-corrected chi connectivity index (χ1v) is 7.98. The Kier molecular flexibility index (Phi) is 4.20. The standard InChI is InChI=1S/C20H22N2O/c1-3-15-22-19(23)17-11-7-8-12-18(17)21-20(22,2)14-13-16-9-5-4-6-10-16/h3-12,21H,1,13-15H2,2H3. The van der Waals surface area contributed by atoms with E-state index in [1.165, 1.54) is 5.56 Å². The van der Waals surface area contributed by atoms with Crippen molar-refractivity contribution in [1.29, 1.82) is 0 Å². The largest absolute Gasteiger partial charge is 0.362 e. The van der Waals surface area contributed by atoms with Crippen molar-refractivity contribution in [3.8, 4) is 0 Å². The molecule has 118 valence electrons. The second-order valence-corrected chi connectivity index (χ2v) is 6.13. The molecule has 3 nitrogen and oxygen atoms in total. The Bertz CT molecular complexity index is 711. The van der Waals surface area contributed by atoms with Gasteiger partial charge in [0.05, 0.1) is 5.56 Å². The Morgan fingerprint density at radius 1 is 1.13 bits per heavy atom. The van der Waals surface area contributed by atoms with Gasteiger partial charge in [0.25, 0.3) is 5.91 Å². The summed E-state index contributed by atoms with van der Waals surface area (Å²) in [6, 6.07) is 18.1. The fourth-order valence-corrected chi connectivity index (χ4v) is 3.15. The van der Waals surface area contributed by atoms with Crippen LogP contribution >= 0.6 is 0 Å². The van der Waals surface area contributed by atoms with Gasteiger partial charge in [0, 0.05) is 12.2 Å². The van der Waals surface area contributed by atoms with E-state index in [1.54, 1.807) is 6.08 Å². The predicted octanol–water partition coefficient (Wildman–Crippen LogP) is 4.09. The van der Waals surface area contributed by atoms with Crippen molar-refractivity contribution in [2.24, 2.45) is 0 Å². The van der Waals surface area contributed by atoms with Gasteiger partial charge < -0.3 is 10.2 Å². The normalized spacial score (nSPS) is 19.9. The Morgan fingerprint density at radius 2 is 1.83 bits per heavy atom. The van der Waals surface area contributed by atoms with Crippen LogP contribution in [0.4, 0.5) is 5.69 Å². The van der Waals surface area contributed by atoms with Crippen LogP contribution in [0.3, 0.4) is 0 Å². The van der Waals surface area contributed by atoms with Crippen molar-refractivity contribution in [3.05, 3.63) is 78.4 Å². The lowest BCUT2D eigenvalue weighted by Crippen LogP contribution is -2.58. The highest BCUT2D eigenvalue weighted by Crippen LogP contribution is 2.33. The van der Waals surface area contributed by atoms with Gasteiger partial charge in [-0.25, -0.2) is 0 Å². The zero-order valence-corrected chi connectivity index (χ0v) is 13.5. The third-order valence-corrected chi connectivity index (χ3v) is 4.46. The van der Waals surface area contributed by atoms with Crippen LogP contribution in [0.25, 0.3) is 0 Å². The minimum atomic E-state index is -0.421. The van der Waals surface area contributed by atoms with Crippen LogP contribution < -0.4 is 5.32 Å². The first-order valence-electron chi connectivity index (χ1n) is 7.98. The van der Waals surface area contributed by atoms with Gasteiger partial charge in [0.15, 0.2) is 0 Å². The highest BCUT2D eigenvalue weighted by atomic mass is 16.2. The maximum absolute atomic E-state index is 12.9. The third-order valence-electron chi connectivity index (χ3n) is 4.46. The smallest absolute Gasteiger partial charge is 0.258 e. The van der Waals surface area contributed by atoms with Crippen molar-refractivity contribution in [2.45, 2.75) is 25.4 Å². The van der Waals surface area contributed by atoms with E-state index in [4.69, 9.17) is 0 Å². The van der Waals surface area contributed by atoms with Gasteiger partial charge in [-0.2, -0.15) is 0 Å². The molecule has 1 amide bonds. The lowest BCUT2D eigenvalue weighted by atomic mass is 9.94. The summed E-state index contributed by atoms with van der Waals surface area (Å²) in [5, 5.41) is 3.57. The molecule has 3 rings (SSSR count). The van der Waals surface area contributed by atoms with Crippen LogP contribution in [0.15, 0.2) is 67.3 Å². The number of carbonyl (C=O) groups is 1. The molecular weight excluding hydrogens is 284 g/mol. The molecule has 1 atom stereocenters. The molecule has 0 saturated carbocycles. The van der Waals surface area contributed by atoms with E-state index in [0.29, 0.717) is 6.54 Å².